The summed E-state index contributed by atoms with van der Waals surface area (Å²) in [6, 6.07) is 10.8. The fourth-order valence-electron chi connectivity index (χ4n) is 2.38. The molecular formula is C15H13FN2O2. The van der Waals surface area contributed by atoms with Crippen LogP contribution in [0.5, 0.6) is 5.75 Å². The Labute approximate surface area is 115 Å². The molecule has 0 saturated heterocycles. The first-order valence-corrected chi connectivity index (χ1v) is 6.07. The molecule has 0 amide bonds. The first-order valence-electron chi connectivity index (χ1n) is 6.07. The normalized spacial score (nSPS) is 20.4. The molecule has 0 aliphatic carbocycles. The van der Waals surface area contributed by atoms with Crippen molar-refractivity contribution in [1.29, 1.82) is 0 Å². The molecule has 0 saturated carbocycles. The van der Waals surface area contributed by atoms with Crippen LogP contribution in [-0.4, -0.2) is 18.1 Å². The molecule has 0 bridgehead atoms. The summed E-state index contributed by atoms with van der Waals surface area (Å²) >= 11 is 0. The van der Waals surface area contributed by atoms with Crippen LogP contribution < -0.4 is 10.5 Å². The van der Waals surface area contributed by atoms with Crippen LogP contribution in [0.3, 0.4) is 0 Å². The highest BCUT2D eigenvalue weighted by Crippen LogP contribution is 2.42. The molecule has 1 unspecified atom stereocenters. The highest BCUT2D eigenvalue weighted by molar-refractivity contribution is 6.00. The van der Waals surface area contributed by atoms with E-state index in [1.54, 1.807) is 31.4 Å². The van der Waals surface area contributed by atoms with Crippen molar-refractivity contribution in [2.24, 2.45) is 10.7 Å². The number of hydrogen-bond acceptors (Lipinski definition) is 4. The van der Waals surface area contributed by atoms with Crippen molar-refractivity contribution in [1.82, 2.24) is 0 Å². The van der Waals surface area contributed by atoms with Crippen molar-refractivity contribution in [3.8, 4) is 5.75 Å². The minimum atomic E-state index is -1.61. The number of hydrogen-bond donors (Lipinski definition) is 2. The monoisotopic (exact) mass is 272 g/mol. The van der Waals surface area contributed by atoms with Crippen LogP contribution in [0.2, 0.25) is 0 Å². The SMILES string of the molecule is COc1ccc(C2(O)C(N)=Nc3ccc(F)cc32)cc1. The van der Waals surface area contributed by atoms with E-state index in [-0.39, 0.29) is 5.84 Å². The molecule has 4 nitrogen and oxygen atoms in total. The van der Waals surface area contributed by atoms with Gasteiger partial charge in [-0.15, -0.1) is 0 Å². The van der Waals surface area contributed by atoms with Gasteiger partial charge in [0.15, 0.2) is 5.60 Å². The first-order chi connectivity index (χ1) is 9.55. The maximum atomic E-state index is 13.4. The minimum Gasteiger partial charge on any atom is -0.497 e. The molecule has 0 aromatic heterocycles. The molecule has 5 heteroatoms. The van der Waals surface area contributed by atoms with Crippen LogP contribution in [0.25, 0.3) is 0 Å². The second-order valence-electron chi connectivity index (χ2n) is 4.60. The predicted octanol–water partition coefficient (Wildman–Crippen LogP) is 2.07. The summed E-state index contributed by atoms with van der Waals surface area (Å²) in [5.74, 6) is 0.245. The van der Waals surface area contributed by atoms with Crippen LogP contribution in [0.1, 0.15) is 11.1 Å². The molecule has 3 N–H and O–H groups in total. The van der Waals surface area contributed by atoms with E-state index >= 15 is 0 Å². The average molecular weight is 272 g/mol. The number of rotatable bonds is 2. The number of aliphatic imine (C=N–C) groups is 1. The average Bonchev–Trinajstić information content (AvgIpc) is 2.72. The van der Waals surface area contributed by atoms with Crippen molar-refractivity contribution >= 4 is 11.5 Å². The lowest BCUT2D eigenvalue weighted by Gasteiger charge is -2.24. The fraction of sp³-hybridized carbons (Fsp3) is 0.133. The smallest absolute Gasteiger partial charge is 0.174 e. The zero-order chi connectivity index (χ0) is 14.3. The molecule has 1 heterocycles. The van der Waals surface area contributed by atoms with Crippen molar-refractivity contribution in [3.63, 3.8) is 0 Å². The number of amidine groups is 1. The molecule has 1 aliphatic rings. The van der Waals surface area contributed by atoms with E-state index in [9.17, 15) is 9.50 Å². The van der Waals surface area contributed by atoms with E-state index in [4.69, 9.17) is 10.5 Å². The van der Waals surface area contributed by atoms with Crippen molar-refractivity contribution in [2.75, 3.05) is 7.11 Å². The van der Waals surface area contributed by atoms with Gasteiger partial charge < -0.3 is 15.6 Å². The first kappa shape index (κ1) is 12.6. The second kappa shape index (κ2) is 4.31. The summed E-state index contributed by atoms with van der Waals surface area (Å²) in [6.07, 6.45) is 0. The van der Waals surface area contributed by atoms with Crippen LogP contribution in [0.4, 0.5) is 10.1 Å². The lowest BCUT2D eigenvalue weighted by Crippen LogP contribution is -2.39. The Morgan fingerprint density at radius 2 is 1.90 bits per heavy atom. The number of aliphatic hydroxyl groups is 1. The molecule has 0 spiro atoms. The Hall–Kier alpha value is -2.40. The molecule has 2 aromatic rings. The van der Waals surface area contributed by atoms with Gasteiger partial charge in [-0.2, -0.15) is 0 Å². The van der Waals surface area contributed by atoms with Crippen molar-refractivity contribution in [2.45, 2.75) is 5.60 Å². The number of ether oxygens (including phenoxy) is 1. The highest BCUT2D eigenvalue weighted by atomic mass is 19.1. The molecule has 1 atom stereocenters. The van der Waals surface area contributed by atoms with Gasteiger partial charge in [-0.25, -0.2) is 9.38 Å². The van der Waals surface area contributed by atoms with Gasteiger partial charge in [-0.05, 0) is 35.9 Å². The van der Waals surface area contributed by atoms with Gasteiger partial charge in [-0.3, -0.25) is 0 Å². The summed E-state index contributed by atoms with van der Waals surface area (Å²) in [4.78, 5) is 4.11. The number of nitrogens with two attached hydrogens (primary N) is 1. The third kappa shape index (κ3) is 1.67. The van der Waals surface area contributed by atoms with Gasteiger partial charge in [-0.1, -0.05) is 12.1 Å². The highest BCUT2D eigenvalue weighted by Gasteiger charge is 2.42. The molecule has 0 fully saturated rings. The number of benzene rings is 2. The summed E-state index contributed by atoms with van der Waals surface area (Å²) < 4.78 is 18.5. The summed E-state index contributed by atoms with van der Waals surface area (Å²) in [5.41, 5.74) is 5.59. The lowest BCUT2D eigenvalue weighted by atomic mass is 9.86. The van der Waals surface area contributed by atoms with Crippen LogP contribution >= 0.6 is 0 Å². The zero-order valence-corrected chi connectivity index (χ0v) is 10.8. The van der Waals surface area contributed by atoms with Gasteiger partial charge in [0.05, 0.1) is 12.8 Å². The van der Waals surface area contributed by atoms with E-state index in [0.717, 1.165) is 0 Å². The quantitative estimate of drug-likeness (QED) is 0.879. The molecule has 1 aliphatic heterocycles. The Balaban J connectivity index is 2.16. The third-order valence-electron chi connectivity index (χ3n) is 3.47. The van der Waals surface area contributed by atoms with E-state index < -0.39 is 11.4 Å². The summed E-state index contributed by atoms with van der Waals surface area (Å²) in [5, 5.41) is 10.9. The van der Waals surface area contributed by atoms with Gasteiger partial charge in [0.1, 0.15) is 17.4 Å². The second-order valence-corrected chi connectivity index (χ2v) is 4.60. The van der Waals surface area contributed by atoms with E-state index in [0.29, 0.717) is 22.6 Å². The van der Waals surface area contributed by atoms with E-state index in [1.807, 2.05) is 0 Å². The number of nitrogens with zero attached hydrogens (tertiary/aromatic N) is 1. The zero-order valence-electron chi connectivity index (χ0n) is 10.8. The molecule has 20 heavy (non-hydrogen) atoms. The molecule has 3 rings (SSSR count). The minimum absolute atomic E-state index is 0.0308. The topological polar surface area (TPSA) is 67.8 Å². The van der Waals surface area contributed by atoms with Crippen LogP contribution in [0, 0.1) is 5.82 Å². The Morgan fingerprint density at radius 1 is 1.20 bits per heavy atom. The molecule has 2 aromatic carbocycles. The number of fused-ring (bicyclic) bond motifs is 1. The largest absolute Gasteiger partial charge is 0.497 e. The van der Waals surface area contributed by atoms with Gasteiger partial charge in [0.25, 0.3) is 0 Å². The lowest BCUT2D eigenvalue weighted by molar-refractivity contribution is 0.158. The van der Waals surface area contributed by atoms with Crippen LogP contribution in [0.15, 0.2) is 47.5 Å². The molecule has 102 valence electrons. The standard InChI is InChI=1S/C15H13FN2O2/c1-20-11-5-2-9(3-6-11)15(19)12-8-10(16)4-7-13(12)18-14(15)17/h2-8,19H,1H3,(H2,17,18). The maximum absolute atomic E-state index is 13.4. The summed E-state index contributed by atoms with van der Waals surface area (Å²) in [7, 11) is 1.56. The number of methoxy groups -OCH3 is 1. The Bertz CT molecular complexity index is 698. The van der Waals surface area contributed by atoms with E-state index in [2.05, 4.69) is 4.99 Å². The Morgan fingerprint density at radius 3 is 2.55 bits per heavy atom. The van der Waals surface area contributed by atoms with Gasteiger partial charge >= 0.3 is 0 Å². The molecule has 0 radical (unpaired) electrons. The predicted molar refractivity (Wildman–Crippen MR) is 73.7 cm³/mol. The fourth-order valence-corrected chi connectivity index (χ4v) is 2.38. The van der Waals surface area contributed by atoms with Gasteiger partial charge in [0.2, 0.25) is 0 Å². The number of halogens is 1. The van der Waals surface area contributed by atoms with E-state index in [1.165, 1.54) is 18.2 Å². The molecular weight excluding hydrogens is 259 g/mol. The summed E-state index contributed by atoms with van der Waals surface area (Å²) in [6.45, 7) is 0. The third-order valence-corrected chi connectivity index (χ3v) is 3.47. The van der Waals surface area contributed by atoms with Crippen molar-refractivity contribution < 1.29 is 14.2 Å². The van der Waals surface area contributed by atoms with Gasteiger partial charge in [0, 0.05) is 5.56 Å². The van der Waals surface area contributed by atoms with Crippen molar-refractivity contribution in [3.05, 3.63) is 59.4 Å². The van der Waals surface area contributed by atoms with Crippen LogP contribution in [-0.2, 0) is 5.60 Å². The Kier molecular flexibility index (Phi) is 2.72. The maximum Gasteiger partial charge on any atom is 0.174 e.